The molecule has 0 saturated carbocycles. The fourth-order valence-electron chi connectivity index (χ4n) is 2.36. The van der Waals surface area contributed by atoms with Crippen molar-refractivity contribution in [1.82, 2.24) is 0 Å². The van der Waals surface area contributed by atoms with Gasteiger partial charge >= 0.3 is 0 Å². The average molecular weight is 383 g/mol. The Kier molecular flexibility index (Phi) is 5.91. The van der Waals surface area contributed by atoms with E-state index in [0.717, 1.165) is 33.5 Å². The van der Waals surface area contributed by atoms with Gasteiger partial charge in [-0.15, -0.1) is 0 Å². The molecule has 0 spiro atoms. The standard InChI is InChI=1S/C21H19BrO2/c22-14-19-11-20(23-15-17-7-3-1-4-8-17)13-21(12-19)24-16-18-9-5-2-6-10-18/h1-13H,14-16H2. The molecule has 2 nitrogen and oxygen atoms in total. The SMILES string of the molecule is BrCc1cc(OCc2ccccc2)cc(OCc2ccccc2)c1. The Morgan fingerprint density at radius 3 is 1.46 bits per heavy atom. The molecule has 0 aromatic heterocycles. The molecule has 0 fully saturated rings. The minimum atomic E-state index is 0.546. The fraction of sp³-hybridized carbons (Fsp3) is 0.143. The van der Waals surface area contributed by atoms with Gasteiger partial charge in [0.15, 0.2) is 0 Å². The van der Waals surface area contributed by atoms with Crippen molar-refractivity contribution in [2.75, 3.05) is 0 Å². The maximum Gasteiger partial charge on any atom is 0.123 e. The Balaban J connectivity index is 1.68. The van der Waals surface area contributed by atoms with Gasteiger partial charge in [0.2, 0.25) is 0 Å². The van der Waals surface area contributed by atoms with Crippen molar-refractivity contribution in [2.24, 2.45) is 0 Å². The lowest BCUT2D eigenvalue weighted by Gasteiger charge is -2.12. The smallest absolute Gasteiger partial charge is 0.123 e. The highest BCUT2D eigenvalue weighted by atomic mass is 79.9. The molecule has 0 radical (unpaired) electrons. The van der Waals surface area contributed by atoms with Crippen molar-refractivity contribution in [3.63, 3.8) is 0 Å². The van der Waals surface area contributed by atoms with Crippen molar-refractivity contribution >= 4 is 15.9 Å². The zero-order chi connectivity index (χ0) is 16.6. The molecule has 0 amide bonds. The van der Waals surface area contributed by atoms with E-state index in [1.54, 1.807) is 0 Å². The number of alkyl halides is 1. The van der Waals surface area contributed by atoms with Gasteiger partial charge in [0.05, 0.1) is 0 Å². The van der Waals surface area contributed by atoms with Crippen molar-refractivity contribution < 1.29 is 9.47 Å². The molecule has 24 heavy (non-hydrogen) atoms. The molecule has 0 bridgehead atoms. The van der Waals surface area contributed by atoms with Gasteiger partial charge in [0.25, 0.3) is 0 Å². The van der Waals surface area contributed by atoms with Crippen LogP contribution in [-0.2, 0) is 18.5 Å². The van der Waals surface area contributed by atoms with Crippen LogP contribution in [0.3, 0.4) is 0 Å². The normalized spacial score (nSPS) is 10.4. The molecule has 0 atom stereocenters. The van der Waals surface area contributed by atoms with Crippen molar-refractivity contribution in [1.29, 1.82) is 0 Å². The van der Waals surface area contributed by atoms with Crippen LogP contribution in [0.15, 0.2) is 78.9 Å². The molecule has 3 rings (SSSR count). The number of halogens is 1. The first-order valence-corrected chi connectivity index (χ1v) is 8.99. The van der Waals surface area contributed by atoms with E-state index in [1.807, 2.05) is 54.6 Å². The van der Waals surface area contributed by atoms with E-state index in [1.165, 1.54) is 0 Å². The molecular weight excluding hydrogens is 364 g/mol. The molecule has 0 aliphatic rings. The summed E-state index contributed by atoms with van der Waals surface area (Å²) in [5.41, 5.74) is 3.42. The lowest BCUT2D eigenvalue weighted by Crippen LogP contribution is -1.99. The molecule has 0 saturated heterocycles. The molecule has 0 heterocycles. The molecule has 0 unspecified atom stereocenters. The Morgan fingerprint density at radius 2 is 1.04 bits per heavy atom. The van der Waals surface area contributed by atoms with Crippen LogP contribution in [0, 0.1) is 0 Å². The second-order valence-electron chi connectivity index (χ2n) is 5.49. The maximum atomic E-state index is 5.93. The van der Waals surface area contributed by atoms with Gasteiger partial charge in [0, 0.05) is 11.4 Å². The largest absolute Gasteiger partial charge is 0.489 e. The highest BCUT2D eigenvalue weighted by Gasteiger charge is 2.04. The fourth-order valence-corrected chi connectivity index (χ4v) is 2.68. The Hall–Kier alpha value is -2.26. The van der Waals surface area contributed by atoms with Crippen molar-refractivity contribution in [2.45, 2.75) is 18.5 Å². The number of benzene rings is 3. The number of hydrogen-bond acceptors (Lipinski definition) is 2. The number of rotatable bonds is 7. The van der Waals surface area contributed by atoms with Gasteiger partial charge in [-0.2, -0.15) is 0 Å². The second-order valence-corrected chi connectivity index (χ2v) is 6.06. The van der Waals surface area contributed by atoms with Gasteiger partial charge in [-0.05, 0) is 28.8 Å². The first-order chi connectivity index (χ1) is 11.8. The molecule has 0 aliphatic heterocycles. The predicted molar refractivity (Wildman–Crippen MR) is 101 cm³/mol. The van der Waals surface area contributed by atoms with Crippen LogP contribution in [0.4, 0.5) is 0 Å². The third-order valence-corrected chi connectivity index (χ3v) is 4.24. The summed E-state index contributed by atoms with van der Waals surface area (Å²) >= 11 is 3.51. The van der Waals surface area contributed by atoms with E-state index in [9.17, 15) is 0 Å². The van der Waals surface area contributed by atoms with E-state index in [2.05, 4.69) is 40.2 Å². The molecule has 3 aromatic rings. The average Bonchev–Trinajstić information content (AvgIpc) is 2.66. The summed E-state index contributed by atoms with van der Waals surface area (Å²) in [6, 6.07) is 26.3. The summed E-state index contributed by atoms with van der Waals surface area (Å²) in [7, 11) is 0. The van der Waals surface area contributed by atoms with Crippen LogP contribution in [0.25, 0.3) is 0 Å². The first-order valence-electron chi connectivity index (χ1n) is 7.87. The first kappa shape index (κ1) is 16.6. The molecular formula is C21H19BrO2. The van der Waals surface area contributed by atoms with Crippen molar-refractivity contribution in [3.8, 4) is 11.5 Å². The molecule has 3 aromatic carbocycles. The Labute approximate surface area is 151 Å². The van der Waals surface area contributed by atoms with Crippen LogP contribution in [0.1, 0.15) is 16.7 Å². The van der Waals surface area contributed by atoms with E-state index in [0.29, 0.717) is 13.2 Å². The summed E-state index contributed by atoms with van der Waals surface area (Å²) in [5.74, 6) is 1.64. The van der Waals surface area contributed by atoms with Gasteiger partial charge in [-0.25, -0.2) is 0 Å². The van der Waals surface area contributed by atoms with Gasteiger partial charge in [-0.1, -0.05) is 76.6 Å². The lowest BCUT2D eigenvalue weighted by atomic mass is 10.2. The summed E-state index contributed by atoms with van der Waals surface area (Å²) in [5, 5.41) is 0.761. The third-order valence-electron chi connectivity index (χ3n) is 3.59. The summed E-state index contributed by atoms with van der Waals surface area (Å²) in [6.45, 7) is 1.09. The predicted octanol–water partition coefficient (Wildman–Crippen LogP) is 5.74. The zero-order valence-corrected chi connectivity index (χ0v) is 14.9. The number of ether oxygens (including phenoxy) is 2. The third kappa shape index (κ3) is 4.87. The summed E-state index contributed by atoms with van der Waals surface area (Å²) < 4.78 is 11.9. The topological polar surface area (TPSA) is 18.5 Å². The summed E-state index contributed by atoms with van der Waals surface area (Å²) in [4.78, 5) is 0. The van der Waals surface area contributed by atoms with E-state index >= 15 is 0 Å². The van der Waals surface area contributed by atoms with Crippen LogP contribution in [-0.4, -0.2) is 0 Å². The highest BCUT2D eigenvalue weighted by Crippen LogP contribution is 2.26. The van der Waals surface area contributed by atoms with Gasteiger partial charge in [-0.3, -0.25) is 0 Å². The molecule has 3 heteroatoms. The van der Waals surface area contributed by atoms with Crippen LogP contribution >= 0.6 is 15.9 Å². The van der Waals surface area contributed by atoms with E-state index in [4.69, 9.17) is 9.47 Å². The zero-order valence-electron chi connectivity index (χ0n) is 13.3. The van der Waals surface area contributed by atoms with Crippen LogP contribution in [0.2, 0.25) is 0 Å². The minimum Gasteiger partial charge on any atom is -0.489 e. The van der Waals surface area contributed by atoms with Gasteiger partial charge in [0.1, 0.15) is 24.7 Å². The summed E-state index contributed by atoms with van der Waals surface area (Å²) in [6.07, 6.45) is 0. The molecule has 0 aliphatic carbocycles. The lowest BCUT2D eigenvalue weighted by molar-refractivity contribution is 0.289. The van der Waals surface area contributed by atoms with E-state index < -0.39 is 0 Å². The second kappa shape index (κ2) is 8.55. The monoisotopic (exact) mass is 382 g/mol. The molecule has 122 valence electrons. The minimum absolute atomic E-state index is 0.546. The number of hydrogen-bond donors (Lipinski definition) is 0. The Bertz CT molecular complexity index is 696. The quantitative estimate of drug-likeness (QED) is 0.485. The highest BCUT2D eigenvalue weighted by molar-refractivity contribution is 9.08. The van der Waals surface area contributed by atoms with Crippen molar-refractivity contribution in [3.05, 3.63) is 95.6 Å². The van der Waals surface area contributed by atoms with E-state index in [-0.39, 0.29) is 0 Å². The van der Waals surface area contributed by atoms with Crippen LogP contribution in [0.5, 0.6) is 11.5 Å². The maximum absolute atomic E-state index is 5.93. The molecule has 0 N–H and O–H groups in total. The van der Waals surface area contributed by atoms with Crippen LogP contribution < -0.4 is 9.47 Å². The van der Waals surface area contributed by atoms with Gasteiger partial charge < -0.3 is 9.47 Å². The Morgan fingerprint density at radius 1 is 0.583 bits per heavy atom.